The van der Waals surface area contributed by atoms with Crippen molar-refractivity contribution in [3.63, 3.8) is 0 Å². The van der Waals surface area contributed by atoms with Gasteiger partial charge in [0.05, 0.1) is 29.8 Å². The van der Waals surface area contributed by atoms with Crippen LogP contribution in [0.1, 0.15) is 0 Å². The molecule has 4 aromatic rings. The highest BCUT2D eigenvalue weighted by atomic mass is 32.2. The normalized spacial score (nSPS) is 10.9. The average molecular weight is 485 g/mol. The van der Waals surface area contributed by atoms with Gasteiger partial charge in [-0.3, -0.25) is 9.36 Å². The molecule has 0 bridgehead atoms. The second-order valence-electron chi connectivity index (χ2n) is 7.33. The molecule has 0 spiro atoms. The zero-order valence-electron chi connectivity index (χ0n) is 19.2. The molecule has 1 amide bonds. The summed E-state index contributed by atoms with van der Waals surface area (Å²) in [4.78, 5) is 12.6. The van der Waals surface area contributed by atoms with Crippen molar-refractivity contribution in [1.82, 2.24) is 14.8 Å². The Kier molecular flexibility index (Phi) is 8.03. The Bertz CT molecular complexity index is 1320. The molecule has 0 radical (unpaired) electrons. The third-order valence-corrected chi connectivity index (χ3v) is 5.86. The minimum absolute atomic E-state index is 0.152. The van der Waals surface area contributed by atoms with Gasteiger partial charge in [0.25, 0.3) is 0 Å². The molecule has 0 saturated heterocycles. The molecule has 1 heterocycles. The van der Waals surface area contributed by atoms with Crippen molar-refractivity contribution in [3.8, 4) is 17.1 Å². The van der Waals surface area contributed by atoms with Crippen LogP contribution in [0.15, 0.2) is 107 Å². The number of azo groups is 1. The van der Waals surface area contributed by atoms with Crippen molar-refractivity contribution in [2.75, 3.05) is 18.2 Å². The number of aromatic nitrogens is 3. The zero-order valence-corrected chi connectivity index (χ0v) is 20.0. The Hall–Kier alpha value is -4.24. The molecule has 4 rings (SSSR count). The Labute approximate surface area is 207 Å². The summed E-state index contributed by atoms with van der Waals surface area (Å²) in [6.45, 7) is 4.34. The maximum absolute atomic E-state index is 12.6. The van der Waals surface area contributed by atoms with E-state index >= 15 is 0 Å². The number of nitrogens with zero attached hydrogens (tertiary/aromatic N) is 5. The van der Waals surface area contributed by atoms with Gasteiger partial charge in [-0.05, 0) is 48.5 Å². The predicted molar refractivity (Wildman–Crippen MR) is 139 cm³/mol. The Morgan fingerprint density at radius 1 is 1.00 bits per heavy atom. The summed E-state index contributed by atoms with van der Waals surface area (Å²) in [6.07, 6.45) is 1.77. The summed E-state index contributed by atoms with van der Waals surface area (Å²) in [7, 11) is 1.62. The van der Waals surface area contributed by atoms with Gasteiger partial charge in [0.2, 0.25) is 5.91 Å². The summed E-state index contributed by atoms with van der Waals surface area (Å²) in [5, 5.41) is 20.5. The number of nitrogens with one attached hydrogen (secondary N) is 1. The lowest BCUT2D eigenvalue weighted by Crippen LogP contribution is -2.14. The number of para-hydroxylation sites is 1. The molecule has 176 valence electrons. The van der Waals surface area contributed by atoms with Crippen LogP contribution in [-0.2, 0) is 11.3 Å². The van der Waals surface area contributed by atoms with Gasteiger partial charge in [-0.1, -0.05) is 48.2 Å². The van der Waals surface area contributed by atoms with Gasteiger partial charge in [0.1, 0.15) is 5.75 Å². The zero-order chi connectivity index (χ0) is 24.5. The number of anilines is 1. The monoisotopic (exact) mass is 484 g/mol. The van der Waals surface area contributed by atoms with E-state index in [4.69, 9.17) is 4.74 Å². The number of ether oxygens (including phenoxy) is 1. The highest BCUT2D eigenvalue weighted by Crippen LogP contribution is 2.31. The van der Waals surface area contributed by atoms with E-state index in [1.165, 1.54) is 11.8 Å². The third-order valence-electron chi connectivity index (χ3n) is 4.90. The molecule has 0 aliphatic carbocycles. The van der Waals surface area contributed by atoms with E-state index in [-0.39, 0.29) is 11.7 Å². The maximum Gasteiger partial charge on any atom is 0.234 e. The van der Waals surface area contributed by atoms with Gasteiger partial charge < -0.3 is 10.1 Å². The lowest BCUT2D eigenvalue weighted by Gasteiger charge is -2.10. The minimum atomic E-state index is -0.152. The van der Waals surface area contributed by atoms with Crippen LogP contribution in [0.3, 0.4) is 0 Å². The minimum Gasteiger partial charge on any atom is -0.496 e. The first-order valence-electron chi connectivity index (χ1n) is 10.8. The first-order valence-corrected chi connectivity index (χ1v) is 11.8. The van der Waals surface area contributed by atoms with Crippen LogP contribution in [0.25, 0.3) is 11.4 Å². The van der Waals surface area contributed by atoms with Gasteiger partial charge in [-0.2, -0.15) is 10.2 Å². The second kappa shape index (κ2) is 11.8. The van der Waals surface area contributed by atoms with Crippen LogP contribution in [0.2, 0.25) is 0 Å². The van der Waals surface area contributed by atoms with Crippen molar-refractivity contribution >= 4 is 34.7 Å². The summed E-state index contributed by atoms with van der Waals surface area (Å²) >= 11 is 1.31. The number of carbonyl (C=O) groups is 1. The second-order valence-corrected chi connectivity index (χ2v) is 8.27. The van der Waals surface area contributed by atoms with Crippen molar-refractivity contribution in [1.29, 1.82) is 0 Å². The SMILES string of the molecule is C=CCn1c(SCC(=O)Nc2ccc(N=Nc3ccccc3)cc2)nnc1-c1ccccc1OC. The predicted octanol–water partition coefficient (Wildman–Crippen LogP) is 6.29. The van der Waals surface area contributed by atoms with Crippen LogP contribution in [-0.4, -0.2) is 33.5 Å². The van der Waals surface area contributed by atoms with Gasteiger partial charge >= 0.3 is 0 Å². The first kappa shape index (κ1) is 23.9. The fraction of sp³-hybridized carbons (Fsp3) is 0.115. The van der Waals surface area contributed by atoms with Gasteiger partial charge in [-0.15, -0.1) is 16.8 Å². The molecule has 9 heteroatoms. The summed E-state index contributed by atoms with van der Waals surface area (Å²) in [5.74, 6) is 1.38. The van der Waals surface area contributed by atoms with E-state index in [2.05, 4.69) is 32.3 Å². The molecule has 0 atom stereocenters. The van der Waals surface area contributed by atoms with E-state index in [9.17, 15) is 4.79 Å². The number of carbonyl (C=O) groups excluding carboxylic acids is 1. The fourth-order valence-corrected chi connectivity index (χ4v) is 4.01. The molecule has 0 saturated carbocycles. The number of allylic oxidation sites excluding steroid dienone is 1. The summed E-state index contributed by atoms with van der Waals surface area (Å²) in [6, 6.07) is 24.3. The topological polar surface area (TPSA) is 93.8 Å². The number of hydrogen-bond donors (Lipinski definition) is 1. The number of benzene rings is 3. The number of rotatable bonds is 10. The van der Waals surface area contributed by atoms with E-state index in [1.807, 2.05) is 59.2 Å². The largest absolute Gasteiger partial charge is 0.496 e. The van der Waals surface area contributed by atoms with Crippen molar-refractivity contribution in [2.24, 2.45) is 10.2 Å². The number of methoxy groups -OCH3 is 1. The molecule has 0 aliphatic heterocycles. The van der Waals surface area contributed by atoms with Crippen LogP contribution >= 0.6 is 11.8 Å². The van der Waals surface area contributed by atoms with Crippen LogP contribution in [0.4, 0.5) is 17.1 Å². The Morgan fingerprint density at radius 3 is 2.40 bits per heavy atom. The molecule has 0 unspecified atom stereocenters. The highest BCUT2D eigenvalue weighted by molar-refractivity contribution is 7.99. The smallest absolute Gasteiger partial charge is 0.234 e. The quantitative estimate of drug-likeness (QED) is 0.162. The standard InChI is InChI=1S/C26H24N6O2S/c1-3-17-32-25(22-11-7-8-12-23(22)34-2)30-31-26(32)35-18-24(33)27-19-13-15-21(16-14-19)29-28-20-9-5-4-6-10-20/h3-16H,1,17-18H2,2H3,(H,27,33). The maximum atomic E-state index is 12.6. The number of thioether (sulfide) groups is 1. The van der Waals surface area contributed by atoms with Crippen molar-refractivity contribution in [3.05, 3.63) is 91.5 Å². The molecule has 1 N–H and O–H groups in total. The number of hydrogen-bond acceptors (Lipinski definition) is 7. The summed E-state index contributed by atoms with van der Waals surface area (Å²) in [5.41, 5.74) is 2.98. The molecule has 0 aliphatic rings. The highest BCUT2D eigenvalue weighted by Gasteiger charge is 2.17. The fourth-order valence-electron chi connectivity index (χ4n) is 3.27. The molecular weight excluding hydrogens is 460 g/mol. The van der Waals surface area contributed by atoms with Crippen LogP contribution < -0.4 is 10.1 Å². The van der Waals surface area contributed by atoms with E-state index in [1.54, 1.807) is 37.5 Å². The molecule has 0 fully saturated rings. The van der Waals surface area contributed by atoms with Gasteiger partial charge in [-0.25, -0.2) is 0 Å². The lowest BCUT2D eigenvalue weighted by atomic mass is 10.2. The third kappa shape index (κ3) is 6.21. The lowest BCUT2D eigenvalue weighted by molar-refractivity contribution is -0.113. The first-order chi connectivity index (χ1) is 17.2. The molecule has 8 nitrogen and oxygen atoms in total. The summed E-state index contributed by atoms with van der Waals surface area (Å²) < 4.78 is 7.37. The van der Waals surface area contributed by atoms with E-state index in [0.29, 0.717) is 34.6 Å². The van der Waals surface area contributed by atoms with E-state index in [0.717, 1.165) is 11.3 Å². The van der Waals surface area contributed by atoms with Crippen molar-refractivity contribution < 1.29 is 9.53 Å². The van der Waals surface area contributed by atoms with Crippen molar-refractivity contribution in [2.45, 2.75) is 11.7 Å². The molecular formula is C26H24N6O2S. The molecule has 3 aromatic carbocycles. The average Bonchev–Trinajstić information content (AvgIpc) is 3.30. The van der Waals surface area contributed by atoms with Gasteiger partial charge in [0, 0.05) is 12.2 Å². The molecule has 35 heavy (non-hydrogen) atoms. The Morgan fingerprint density at radius 2 is 1.69 bits per heavy atom. The van der Waals surface area contributed by atoms with Crippen LogP contribution in [0, 0.1) is 0 Å². The van der Waals surface area contributed by atoms with Gasteiger partial charge in [0.15, 0.2) is 11.0 Å². The van der Waals surface area contributed by atoms with Crippen LogP contribution in [0.5, 0.6) is 5.75 Å². The van der Waals surface area contributed by atoms with E-state index < -0.39 is 0 Å². The number of amides is 1. The Balaban J connectivity index is 1.38. The molecule has 1 aromatic heterocycles.